The lowest BCUT2D eigenvalue weighted by atomic mass is 10.2. The maximum atomic E-state index is 13.4. The van der Waals surface area contributed by atoms with E-state index in [9.17, 15) is 4.79 Å². The number of nitrogens with zero attached hydrogens (tertiary/aromatic N) is 4. The van der Waals surface area contributed by atoms with Crippen LogP contribution in [-0.2, 0) is 12.2 Å². The van der Waals surface area contributed by atoms with Gasteiger partial charge in [0.05, 0.1) is 29.5 Å². The first-order valence-corrected chi connectivity index (χ1v) is 10.2. The Hall–Kier alpha value is -3.13. The maximum Gasteiger partial charge on any atom is 0.266 e. The molecule has 2 aromatic heterocycles. The predicted molar refractivity (Wildman–Crippen MR) is 112 cm³/mol. The molecule has 29 heavy (non-hydrogen) atoms. The van der Waals surface area contributed by atoms with E-state index in [-0.39, 0.29) is 5.56 Å². The van der Waals surface area contributed by atoms with Crippen LogP contribution in [0, 0.1) is 6.92 Å². The molecule has 0 spiro atoms. The van der Waals surface area contributed by atoms with Crippen LogP contribution in [0.15, 0.2) is 56.9 Å². The van der Waals surface area contributed by atoms with E-state index in [1.54, 1.807) is 17.7 Å². The molecule has 0 aliphatic rings. The largest absolute Gasteiger partial charge is 0.495 e. The molecule has 0 aliphatic carbocycles. The van der Waals surface area contributed by atoms with Crippen LogP contribution in [0.25, 0.3) is 16.6 Å². The molecule has 148 valence electrons. The highest BCUT2D eigenvalue weighted by molar-refractivity contribution is 7.98. The van der Waals surface area contributed by atoms with Gasteiger partial charge < -0.3 is 9.26 Å². The summed E-state index contributed by atoms with van der Waals surface area (Å²) in [6.07, 6.45) is 0.702. The molecule has 0 N–H and O–H groups in total. The predicted octanol–water partition coefficient (Wildman–Crippen LogP) is 3.94. The Morgan fingerprint density at radius 3 is 2.76 bits per heavy atom. The summed E-state index contributed by atoms with van der Waals surface area (Å²) in [5.74, 6) is 2.16. The van der Waals surface area contributed by atoms with E-state index in [2.05, 4.69) is 10.1 Å². The molecule has 2 heterocycles. The SMILES string of the molecule is CCc1noc(CSc2nc3ccccc3c(=O)n2-c2cc(C)ccc2OC)n1. The van der Waals surface area contributed by atoms with Crippen molar-refractivity contribution in [3.05, 3.63) is 70.1 Å². The Kier molecular flexibility index (Phi) is 5.35. The highest BCUT2D eigenvalue weighted by Gasteiger charge is 2.18. The van der Waals surface area contributed by atoms with Crippen LogP contribution >= 0.6 is 11.8 Å². The van der Waals surface area contributed by atoms with E-state index >= 15 is 0 Å². The number of aromatic nitrogens is 4. The van der Waals surface area contributed by atoms with Crippen molar-refractivity contribution in [3.8, 4) is 11.4 Å². The van der Waals surface area contributed by atoms with Crippen LogP contribution in [0.4, 0.5) is 0 Å². The number of para-hydroxylation sites is 1. The number of thioether (sulfide) groups is 1. The van der Waals surface area contributed by atoms with Crippen LogP contribution in [-0.4, -0.2) is 26.8 Å². The first-order valence-electron chi connectivity index (χ1n) is 9.21. The number of aryl methyl sites for hydroxylation is 2. The van der Waals surface area contributed by atoms with E-state index in [0.717, 1.165) is 5.56 Å². The quantitative estimate of drug-likeness (QED) is 0.353. The van der Waals surface area contributed by atoms with Gasteiger partial charge in [0.2, 0.25) is 5.89 Å². The summed E-state index contributed by atoms with van der Waals surface area (Å²) >= 11 is 1.37. The highest BCUT2D eigenvalue weighted by atomic mass is 32.2. The number of rotatable bonds is 6. The lowest BCUT2D eigenvalue weighted by molar-refractivity contribution is 0.385. The minimum atomic E-state index is -0.151. The van der Waals surface area contributed by atoms with Crippen molar-refractivity contribution in [2.75, 3.05) is 7.11 Å². The van der Waals surface area contributed by atoms with Crippen molar-refractivity contribution in [2.45, 2.75) is 31.2 Å². The first-order chi connectivity index (χ1) is 14.1. The number of hydrogen-bond donors (Lipinski definition) is 0. The second kappa shape index (κ2) is 8.08. The Labute approximate surface area is 171 Å². The summed E-state index contributed by atoms with van der Waals surface area (Å²) < 4.78 is 12.4. The average Bonchev–Trinajstić information content (AvgIpc) is 3.20. The summed E-state index contributed by atoms with van der Waals surface area (Å²) in [6, 6.07) is 13.0. The maximum absolute atomic E-state index is 13.4. The van der Waals surface area contributed by atoms with E-state index in [0.29, 0.717) is 51.4 Å². The van der Waals surface area contributed by atoms with Crippen LogP contribution < -0.4 is 10.3 Å². The molecule has 0 amide bonds. The fourth-order valence-corrected chi connectivity index (χ4v) is 3.86. The molecule has 0 aliphatic heterocycles. The van der Waals surface area contributed by atoms with Gasteiger partial charge in [-0.2, -0.15) is 4.98 Å². The monoisotopic (exact) mass is 408 g/mol. The average molecular weight is 408 g/mol. The zero-order valence-electron chi connectivity index (χ0n) is 16.4. The molecule has 0 fully saturated rings. The Morgan fingerprint density at radius 1 is 1.17 bits per heavy atom. The van der Waals surface area contributed by atoms with Crippen molar-refractivity contribution >= 4 is 22.7 Å². The minimum absolute atomic E-state index is 0.151. The van der Waals surface area contributed by atoms with Gasteiger partial charge in [-0.1, -0.05) is 42.0 Å². The van der Waals surface area contributed by atoms with Gasteiger partial charge >= 0.3 is 0 Å². The lowest BCUT2D eigenvalue weighted by Crippen LogP contribution is -2.22. The van der Waals surface area contributed by atoms with Gasteiger partial charge in [-0.05, 0) is 36.8 Å². The summed E-state index contributed by atoms with van der Waals surface area (Å²) in [5.41, 5.74) is 2.16. The van der Waals surface area contributed by atoms with Crippen LogP contribution in [0.3, 0.4) is 0 Å². The van der Waals surface area contributed by atoms with Gasteiger partial charge in [0.1, 0.15) is 5.75 Å². The van der Waals surface area contributed by atoms with Gasteiger partial charge in [0.15, 0.2) is 11.0 Å². The number of benzene rings is 2. The topological polar surface area (TPSA) is 83.0 Å². The number of methoxy groups -OCH3 is 1. The summed E-state index contributed by atoms with van der Waals surface area (Å²) in [5, 5.41) is 5.01. The Bertz CT molecular complexity index is 1230. The molecule has 0 radical (unpaired) electrons. The molecule has 0 unspecified atom stereocenters. The van der Waals surface area contributed by atoms with Crippen LogP contribution in [0.2, 0.25) is 0 Å². The summed E-state index contributed by atoms with van der Waals surface area (Å²) in [6.45, 7) is 3.94. The molecule has 0 saturated carbocycles. The van der Waals surface area contributed by atoms with Crippen molar-refractivity contribution in [1.82, 2.24) is 19.7 Å². The number of hydrogen-bond acceptors (Lipinski definition) is 7. The molecular formula is C21H20N4O3S. The first kappa shape index (κ1) is 19.2. The van der Waals surface area contributed by atoms with E-state index in [1.807, 2.05) is 50.2 Å². The molecule has 2 aromatic carbocycles. The normalized spacial score (nSPS) is 11.1. The molecule has 8 heteroatoms. The van der Waals surface area contributed by atoms with Gasteiger partial charge in [-0.15, -0.1) is 0 Å². The van der Waals surface area contributed by atoms with Crippen LogP contribution in [0.1, 0.15) is 24.2 Å². The van der Waals surface area contributed by atoms with Gasteiger partial charge in [-0.3, -0.25) is 9.36 Å². The van der Waals surface area contributed by atoms with E-state index in [1.165, 1.54) is 11.8 Å². The van der Waals surface area contributed by atoms with Crippen molar-refractivity contribution < 1.29 is 9.26 Å². The summed E-state index contributed by atoms with van der Waals surface area (Å²) in [7, 11) is 1.59. The molecule has 4 aromatic rings. The van der Waals surface area contributed by atoms with Crippen molar-refractivity contribution in [2.24, 2.45) is 0 Å². The lowest BCUT2D eigenvalue weighted by Gasteiger charge is -2.16. The zero-order valence-corrected chi connectivity index (χ0v) is 17.2. The van der Waals surface area contributed by atoms with Gasteiger partial charge in [0, 0.05) is 6.42 Å². The standard InChI is InChI=1S/C21H20N4O3S/c1-4-18-23-19(28-24-18)12-29-21-22-15-8-6-5-7-14(15)20(26)25(21)16-11-13(2)9-10-17(16)27-3/h5-11H,4,12H2,1-3H3. The van der Waals surface area contributed by atoms with Gasteiger partial charge in [-0.25, -0.2) is 4.98 Å². The highest BCUT2D eigenvalue weighted by Crippen LogP contribution is 2.29. The number of fused-ring (bicyclic) bond motifs is 1. The minimum Gasteiger partial charge on any atom is -0.495 e. The molecule has 4 rings (SSSR count). The zero-order chi connectivity index (χ0) is 20.4. The fraction of sp³-hybridized carbons (Fsp3) is 0.238. The van der Waals surface area contributed by atoms with E-state index in [4.69, 9.17) is 14.2 Å². The van der Waals surface area contributed by atoms with Crippen LogP contribution in [0.5, 0.6) is 5.75 Å². The molecule has 0 bridgehead atoms. The van der Waals surface area contributed by atoms with Crippen molar-refractivity contribution in [3.63, 3.8) is 0 Å². The molecule has 0 atom stereocenters. The second-order valence-electron chi connectivity index (χ2n) is 6.47. The summed E-state index contributed by atoms with van der Waals surface area (Å²) in [4.78, 5) is 22.5. The van der Waals surface area contributed by atoms with Gasteiger partial charge in [0.25, 0.3) is 5.56 Å². The second-order valence-corrected chi connectivity index (χ2v) is 7.42. The van der Waals surface area contributed by atoms with E-state index < -0.39 is 0 Å². The molecular weight excluding hydrogens is 388 g/mol. The fourth-order valence-electron chi connectivity index (χ4n) is 3.02. The molecule has 0 saturated heterocycles. The number of ether oxygens (including phenoxy) is 1. The smallest absolute Gasteiger partial charge is 0.266 e. The third kappa shape index (κ3) is 3.75. The van der Waals surface area contributed by atoms with Crippen molar-refractivity contribution in [1.29, 1.82) is 0 Å². The third-order valence-electron chi connectivity index (χ3n) is 4.47. The molecule has 7 nitrogen and oxygen atoms in total. The Balaban J connectivity index is 1.87. The Morgan fingerprint density at radius 2 is 2.00 bits per heavy atom. The third-order valence-corrected chi connectivity index (χ3v) is 5.39.